The van der Waals surface area contributed by atoms with Crippen LogP contribution >= 0.6 is 0 Å². The average molecular weight is 380 g/mol. The molecule has 0 N–H and O–H groups in total. The van der Waals surface area contributed by atoms with E-state index in [0.29, 0.717) is 19.4 Å². The van der Waals surface area contributed by atoms with Crippen molar-refractivity contribution in [3.05, 3.63) is 54.9 Å². The number of para-hydroxylation sites is 1. The lowest BCUT2D eigenvalue weighted by atomic mass is 9.99. The highest BCUT2D eigenvalue weighted by Crippen LogP contribution is 2.33. The third-order valence-corrected chi connectivity index (χ3v) is 4.67. The average Bonchev–Trinajstić information content (AvgIpc) is 3.05. The zero-order valence-corrected chi connectivity index (χ0v) is 16.9. The second-order valence-electron chi connectivity index (χ2n) is 8.08. The molecule has 0 fully saturated rings. The molecule has 0 atom stereocenters. The molecule has 3 rings (SSSR count). The van der Waals surface area contributed by atoms with Crippen LogP contribution < -0.4 is 0 Å². The number of allylic oxidation sites excluding steroid dienone is 2. The van der Waals surface area contributed by atoms with E-state index in [1.165, 1.54) is 0 Å². The van der Waals surface area contributed by atoms with Crippen molar-refractivity contribution < 1.29 is 14.3 Å². The number of hydrogen-bond donors (Lipinski definition) is 0. The van der Waals surface area contributed by atoms with Gasteiger partial charge in [0.1, 0.15) is 5.60 Å². The van der Waals surface area contributed by atoms with Crippen LogP contribution in [0.25, 0.3) is 16.5 Å². The van der Waals surface area contributed by atoms with Crippen molar-refractivity contribution in [2.45, 2.75) is 52.1 Å². The summed E-state index contributed by atoms with van der Waals surface area (Å²) in [6, 6.07) is 7.89. The van der Waals surface area contributed by atoms with Crippen LogP contribution in [0.1, 0.15) is 56.8 Å². The van der Waals surface area contributed by atoms with E-state index in [1.54, 1.807) is 15.5 Å². The van der Waals surface area contributed by atoms with E-state index in [-0.39, 0.29) is 12.0 Å². The van der Waals surface area contributed by atoms with Gasteiger partial charge in [-0.3, -0.25) is 14.3 Å². The first-order valence-electron chi connectivity index (χ1n) is 9.75. The molecule has 0 saturated carbocycles. The van der Waals surface area contributed by atoms with E-state index in [4.69, 9.17) is 4.74 Å². The highest BCUT2D eigenvalue weighted by molar-refractivity contribution is 5.99. The minimum Gasteiger partial charge on any atom is -0.443 e. The van der Waals surface area contributed by atoms with Gasteiger partial charge in [0.2, 0.25) is 5.91 Å². The largest absolute Gasteiger partial charge is 0.443 e. The highest BCUT2D eigenvalue weighted by atomic mass is 16.6. The van der Waals surface area contributed by atoms with Gasteiger partial charge in [0, 0.05) is 36.3 Å². The van der Waals surface area contributed by atoms with E-state index in [1.807, 2.05) is 57.4 Å². The molecule has 28 heavy (non-hydrogen) atoms. The normalized spacial score (nSPS) is 14.7. The molecule has 148 valence electrons. The summed E-state index contributed by atoms with van der Waals surface area (Å²) in [4.78, 5) is 26.8. The first kappa shape index (κ1) is 19.9. The Hall–Kier alpha value is -2.82. The maximum Gasteiger partial charge on any atom is 0.414 e. The Balaban J connectivity index is 1.97. The van der Waals surface area contributed by atoms with Crippen molar-refractivity contribution in [3.8, 4) is 0 Å². The fraction of sp³-hybridized carbons (Fsp3) is 0.391. The van der Waals surface area contributed by atoms with Crippen LogP contribution in [0.15, 0.2) is 49.3 Å². The Morgan fingerprint density at radius 1 is 1.25 bits per heavy atom. The molecule has 0 bridgehead atoms. The van der Waals surface area contributed by atoms with Crippen molar-refractivity contribution in [3.63, 3.8) is 0 Å². The van der Waals surface area contributed by atoms with Crippen LogP contribution in [0.3, 0.4) is 0 Å². The zero-order chi connectivity index (χ0) is 20.3. The molecule has 1 aliphatic rings. The number of hydrogen-bond acceptors (Lipinski definition) is 3. The molecular formula is C23H28N2O3. The van der Waals surface area contributed by atoms with E-state index in [2.05, 4.69) is 6.58 Å². The summed E-state index contributed by atoms with van der Waals surface area (Å²) in [5, 5.41) is 1.02. The number of carbonyl (C=O) groups excluding carboxylic acids is 2. The van der Waals surface area contributed by atoms with Crippen LogP contribution in [0.5, 0.6) is 0 Å². The van der Waals surface area contributed by atoms with Gasteiger partial charge < -0.3 is 4.74 Å². The Kier molecular flexibility index (Phi) is 5.73. The minimum atomic E-state index is -0.532. The fourth-order valence-corrected chi connectivity index (χ4v) is 3.41. The van der Waals surface area contributed by atoms with Crippen LogP contribution in [0.4, 0.5) is 4.79 Å². The molecule has 2 heterocycles. The second-order valence-corrected chi connectivity index (χ2v) is 8.08. The van der Waals surface area contributed by atoms with Gasteiger partial charge in [-0.05, 0) is 51.7 Å². The van der Waals surface area contributed by atoms with Gasteiger partial charge in [-0.2, -0.15) is 0 Å². The third-order valence-electron chi connectivity index (χ3n) is 4.67. The monoisotopic (exact) mass is 380 g/mol. The molecule has 1 aromatic heterocycles. The predicted octanol–water partition coefficient (Wildman–Crippen LogP) is 5.62. The van der Waals surface area contributed by atoms with Crippen molar-refractivity contribution in [1.29, 1.82) is 0 Å². The summed E-state index contributed by atoms with van der Waals surface area (Å²) in [6.45, 7) is 9.92. The van der Waals surface area contributed by atoms with Gasteiger partial charge in [-0.1, -0.05) is 24.3 Å². The van der Waals surface area contributed by atoms with Crippen LogP contribution in [-0.4, -0.2) is 33.6 Å². The van der Waals surface area contributed by atoms with Crippen LogP contribution in [0, 0.1) is 0 Å². The Morgan fingerprint density at radius 3 is 2.71 bits per heavy atom. The zero-order valence-electron chi connectivity index (χ0n) is 16.9. The molecule has 0 radical (unpaired) electrons. The highest BCUT2D eigenvalue weighted by Gasteiger charge is 2.25. The second kappa shape index (κ2) is 8.05. The number of carbonyl (C=O) groups is 2. The number of benzene rings is 1. The Labute approximate surface area is 166 Å². The molecule has 0 spiro atoms. The molecule has 1 amide bonds. The maximum atomic E-state index is 12.7. The standard InChI is InChI=1S/C23H28N2O3/c1-5-6-13-21(26)25-16-19(18-11-7-8-12-20(18)25)17-10-9-14-24(15-17)22(27)28-23(2,3)4/h5,7-8,11-12,15-16H,1,6,9-10,13-14H2,2-4H3. The van der Waals surface area contributed by atoms with Crippen molar-refractivity contribution in [2.24, 2.45) is 0 Å². The number of aromatic nitrogens is 1. The number of amides is 1. The molecule has 5 nitrogen and oxygen atoms in total. The van der Waals surface area contributed by atoms with E-state index < -0.39 is 5.60 Å². The van der Waals surface area contributed by atoms with E-state index in [9.17, 15) is 9.59 Å². The van der Waals surface area contributed by atoms with Gasteiger partial charge in [0.15, 0.2) is 0 Å². The smallest absolute Gasteiger partial charge is 0.414 e. The predicted molar refractivity (Wildman–Crippen MR) is 112 cm³/mol. The molecule has 0 aliphatic carbocycles. The lowest BCUT2D eigenvalue weighted by Crippen LogP contribution is -2.35. The summed E-state index contributed by atoms with van der Waals surface area (Å²) in [7, 11) is 0. The molecule has 0 unspecified atom stereocenters. The Bertz CT molecular complexity index is 931. The van der Waals surface area contributed by atoms with Gasteiger partial charge >= 0.3 is 6.09 Å². The fourth-order valence-electron chi connectivity index (χ4n) is 3.41. The van der Waals surface area contributed by atoms with Gasteiger partial charge in [-0.15, -0.1) is 6.58 Å². The number of fused-ring (bicyclic) bond motifs is 1. The van der Waals surface area contributed by atoms with Crippen LogP contribution in [-0.2, 0) is 4.74 Å². The topological polar surface area (TPSA) is 51.5 Å². The quantitative estimate of drug-likeness (QED) is 0.647. The van der Waals surface area contributed by atoms with Gasteiger partial charge in [-0.25, -0.2) is 4.79 Å². The van der Waals surface area contributed by atoms with Gasteiger partial charge in [0.05, 0.1) is 5.52 Å². The summed E-state index contributed by atoms with van der Waals surface area (Å²) in [6.07, 6.45) is 7.98. The molecule has 1 aliphatic heterocycles. The summed E-state index contributed by atoms with van der Waals surface area (Å²) >= 11 is 0. The van der Waals surface area contributed by atoms with E-state index in [0.717, 1.165) is 34.9 Å². The molecule has 1 aromatic carbocycles. The minimum absolute atomic E-state index is 0.0442. The number of nitrogens with zero attached hydrogens (tertiary/aromatic N) is 2. The molecule has 5 heteroatoms. The van der Waals surface area contributed by atoms with Crippen molar-refractivity contribution in [1.82, 2.24) is 9.47 Å². The number of ether oxygens (including phenoxy) is 1. The summed E-state index contributed by atoms with van der Waals surface area (Å²) in [5.74, 6) is 0.0442. The molecular weight excluding hydrogens is 352 g/mol. The van der Waals surface area contributed by atoms with E-state index >= 15 is 0 Å². The first-order chi connectivity index (χ1) is 13.3. The maximum absolute atomic E-state index is 12.7. The SMILES string of the molecule is C=CCCC(=O)n1cc(C2=CN(C(=O)OC(C)(C)C)CCC2)c2ccccc21. The van der Waals surface area contributed by atoms with Crippen LogP contribution in [0.2, 0.25) is 0 Å². The van der Waals surface area contributed by atoms with Crippen molar-refractivity contribution >= 4 is 28.5 Å². The third kappa shape index (κ3) is 4.35. The summed E-state index contributed by atoms with van der Waals surface area (Å²) < 4.78 is 7.23. The van der Waals surface area contributed by atoms with Gasteiger partial charge in [0.25, 0.3) is 0 Å². The number of rotatable bonds is 4. The first-order valence-corrected chi connectivity index (χ1v) is 9.75. The summed E-state index contributed by atoms with van der Waals surface area (Å²) in [5.41, 5.74) is 2.40. The Morgan fingerprint density at radius 2 is 2.00 bits per heavy atom. The lowest BCUT2D eigenvalue weighted by Gasteiger charge is -2.28. The lowest BCUT2D eigenvalue weighted by molar-refractivity contribution is 0.0329. The van der Waals surface area contributed by atoms with Crippen molar-refractivity contribution in [2.75, 3.05) is 6.54 Å². The molecule has 0 saturated heterocycles. The molecule has 2 aromatic rings.